The smallest absolute Gasteiger partial charge is 0.161 e. The zero-order valence-electron chi connectivity index (χ0n) is 12.1. The van der Waals surface area contributed by atoms with Gasteiger partial charge in [0.1, 0.15) is 0 Å². The summed E-state index contributed by atoms with van der Waals surface area (Å²) < 4.78 is 0. The van der Waals surface area contributed by atoms with E-state index in [4.69, 9.17) is 5.73 Å². The first-order valence-corrected chi connectivity index (χ1v) is 7.04. The highest BCUT2D eigenvalue weighted by atomic mass is 16.1. The summed E-state index contributed by atoms with van der Waals surface area (Å²) in [6.45, 7) is 6.22. The maximum absolute atomic E-state index is 11.3. The molecule has 0 bridgehead atoms. The van der Waals surface area contributed by atoms with Crippen LogP contribution in [0.15, 0.2) is 18.2 Å². The summed E-state index contributed by atoms with van der Waals surface area (Å²) in [5.41, 5.74) is 8.58. The van der Waals surface area contributed by atoms with Crippen molar-refractivity contribution in [2.75, 3.05) is 11.1 Å². The lowest BCUT2D eigenvalue weighted by molar-refractivity contribution is 0.101. The number of nitrogen functional groups attached to an aromatic ring is 1. The zero-order valence-corrected chi connectivity index (χ0v) is 12.1. The largest absolute Gasteiger partial charge is 0.398 e. The van der Waals surface area contributed by atoms with Crippen LogP contribution in [0, 0.1) is 5.41 Å². The first-order valence-electron chi connectivity index (χ1n) is 7.04. The zero-order chi connectivity index (χ0) is 14.0. The van der Waals surface area contributed by atoms with E-state index in [1.54, 1.807) is 6.92 Å². The summed E-state index contributed by atoms with van der Waals surface area (Å²) in [5.74, 6) is 0.0171. The van der Waals surface area contributed by atoms with E-state index >= 15 is 0 Å². The van der Waals surface area contributed by atoms with E-state index in [2.05, 4.69) is 19.2 Å². The van der Waals surface area contributed by atoms with E-state index in [1.165, 1.54) is 25.7 Å². The van der Waals surface area contributed by atoms with Gasteiger partial charge in [0.2, 0.25) is 0 Å². The number of nitrogens with two attached hydrogens (primary N) is 1. The van der Waals surface area contributed by atoms with Crippen molar-refractivity contribution >= 4 is 17.2 Å². The number of anilines is 2. The number of ketones is 1. The van der Waals surface area contributed by atoms with Crippen molar-refractivity contribution in [2.45, 2.75) is 52.5 Å². The van der Waals surface area contributed by atoms with Crippen LogP contribution in [-0.2, 0) is 0 Å². The summed E-state index contributed by atoms with van der Waals surface area (Å²) in [4.78, 5) is 11.3. The van der Waals surface area contributed by atoms with Crippen molar-refractivity contribution in [3.05, 3.63) is 23.8 Å². The van der Waals surface area contributed by atoms with Gasteiger partial charge in [-0.05, 0) is 56.2 Å². The molecule has 0 atom stereocenters. The summed E-state index contributed by atoms with van der Waals surface area (Å²) >= 11 is 0. The molecule has 1 aromatic carbocycles. The molecule has 1 aromatic rings. The summed E-state index contributed by atoms with van der Waals surface area (Å²) in [7, 11) is 0. The summed E-state index contributed by atoms with van der Waals surface area (Å²) in [5, 5.41) is 3.53. The van der Waals surface area contributed by atoms with Gasteiger partial charge >= 0.3 is 0 Å². The Bertz CT molecular complexity index is 470. The first kappa shape index (κ1) is 13.9. The Morgan fingerprint density at radius 3 is 2.47 bits per heavy atom. The highest BCUT2D eigenvalue weighted by Gasteiger charge is 2.26. The molecule has 0 aliphatic heterocycles. The van der Waals surface area contributed by atoms with Crippen LogP contribution in [0.4, 0.5) is 11.4 Å². The third kappa shape index (κ3) is 3.49. The van der Waals surface area contributed by atoms with Gasteiger partial charge in [0, 0.05) is 23.0 Å². The lowest BCUT2D eigenvalue weighted by atomic mass is 9.75. The van der Waals surface area contributed by atoms with Crippen LogP contribution in [0.3, 0.4) is 0 Å². The normalized spacial score (nSPS) is 19.1. The van der Waals surface area contributed by atoms with Gasteiger partial charge in [0.15, 0.2) is 5.78 Å². The molecule has 0 unspecified atom stereocenters. The number of Topliss-reactive ketones (excluding diaryl/α,β-unsaturated/α-hetero) is 1. The minimum atomic E-state index is 0.0171. The summed E-state index contributed by atoms with van der Waals surface area (Å²) in [6, 6.07) is 6.16. The predicted octanol–water partition coefficient (Wildman–Crippen LogP) is 3.85. The number of carbonyl (C=O) groups excluding carboxylic acids is 1. The number of carbonyl (C=O) groups is 1. The van der Waals surface area contributed by atoms with Gasteiger partial charge in [-0.15, -0.1) is 0 Å². The Hall–Kier alpha value is -1.51. The van der Waals surface area contributed by atoms with Crippen LogP contribution < -0.4 is 11.1 Å². The average Bonchev–Trinajstić information content (AvgIpc) is 2.31. The molecule has 0 saturated heterocycles. The quantitative estimate of drug-likeness (QED) is 0.641. The molecule has 1 aliphatic carbocycles. The molecule has 1 saturated carbocycles. The number of nitrogens with one attached hydrogen (secondary N) is 1. The van der Waals surface area contributed by atoms with Crippen molar-refractivity contribution < 1.29 is 4.79 Å². The van der Waals surface area contributed by atoms with Crippen LogP contribution in [0.2, 0.25) is 0 Å². The molecule has 1 aliphatic rings. The van der Waals surface area contributed by atoms with Gasteiger partial charge in [-0.2, -0.15) is 0 Å². The third-order valence-electron chi connectivity index (χ3n) is 4.14. The molecular weight excluding hydrogens is 236 g/mol. The maximum Gasteiger partial charge on any atom is 0.161 e. The summed E-state index contributed by atoms with van der Waals surface area (Å²) in [6.07, 6.45) is 4.90. The van der Waals surface area contributed by atoms with Crippen molar-refractivity contribution in [1.29, 1.82) is 0 Å². The van der Waals surface area contributed by atoms with E-state index in [9.17, 15) is 4.79 Å². The Kier molecular flexibility index (Phi) is 3.83. The minimum Gasteiger partial charge on any atom is -0.398 e. The lowest BCUT2D eigenvalue weighted by Gasteiger charge is -2.35. The van der Waals surface area contributed by atoms with Crippen LogP contribution >= 0.6 is 0 Å². The highest BCUT2D eigenvalue weighted by molar-refractivity contribution is 5.99. The highest BCUT2D eigenvalue weighted by Crippen LogP contribution is 2.36. The average molecular weight is 260 g/mol. The topological polar surface area (TPSA) is 55.1 Å². The Labute approximate surface area is 115 Å². The molecule has 3 N–H and O–H groups in total. The molecule has 0 amide bonds. The van der Waals surface area contributed by atoms with Gasteiger partial charge in [0.25, 0.3) is 0 Å². The van der Waals surface area contributed by atoms with Crippen molar-refractivity contribution in [2.24, 2.45) is 5.41 Å². The lowest BCUT2D eigenvalue weighted by Crippen LogP contribution is -2.29. The molecule has 0 spiro atoms. The maximum atomic E-state index is 11.3. The van der Waals surface area contributed by atoms with Gasteiger partial charge in [-0.25, -0.2) is 0 Å². The Morgan fingerprint density at radius 1 is 1.32 bits per heavy atom. The van der Waals surface area contributed by atoms with Crippen LogP contribution in [0.5, 0.6) is 0 Å². The Balaban J connectivity index is 2.01. The molecule has 19 heavy (non-hydrogen) atoms. The van der Waals surface area contributed by atoms with Gasteiger partial charge in [0.05, 0.1) is 0 Å². The first-order chi connectivity index (χ1) is 8.87. The fourth-order valence-corrected chi connectivity index (χ4v) is 2.75. The van der Waals surface area contributed by atoms with Crippen molar-refractivity contribution in [1.82, 2.24) is 0 Å². The minimum absolute atomic E-state index is 0.0171. The second kappa shape index (κ2) is 5.24. The molecule has 3 nitrogen and oxygen atoms in total. The van der Waals surface area contributed by atoms with Crippen LogP contribution in [0.1, 0.15) is 56.8 Å². The van der Waals surface area contributed by atoms with Crippen molar-refractivity contribution in [3.63, 3.8) is 0 Å². The molecular formula is C16H24N2O. The van der Waals surface area contributed by atoms with Crippen LogP contribution in [0.25, 0.3) is 0 Å². The molecule has 0 radical (unpaired) electrons. The van der Waals surface area contributed by atoms with Gasteiger partial charge in [-0.3, -0.25) is 4.79 Å². The number of hydrogen-bond donors (Lipinski definition) is 2. The van der Waals surface area contributed by atoms with E-state index < -0.39 is 0 Å². The fourth-order valence-electron chi connectivity index (χ4n) is 2.75. The predicted molar refractivity (Wildman–Crippen MR) is 80.5 cm³/mol. The van der Waals surface area contributed by atoms with E-state index in [1.807, 2.05) is 18.2 Å². The monoisotopic (exact) mass is 260 g/mol. The fraction of sp³-hybridized carbons (Fsp3) is 0.562. The molecule has 3 heteroatoms. The SMILES string of the molecule is CC(=O)c1ccc(NC2CCC(C)(C)CC2)cc1N. The standard InChI is InChI=1S/C16H24N2O/c1-11(19)14-5-4-13(10-15(14)17)18-12-6-8-16(2,3)9-7-12/h4-5,10,12,18H,6-9,17H2,1-3H3. The Morgan fingerprint density at radius 2 is 1.95 bits per heavy atom. The molecule has 1 fully saturated rings. The van der Waals surface area contributed by atoms with Gasteiger partial charge in [-0.1, -0.05) is 13.8 Å². The van der Waals surface area contributed by atoms with Gasteiger partial charge < -0.3 is 11.1 Å². The van der Waals surface area contributed by atoms with E-state index in [0.29, 0.717) is 22.7 Å². The second-order valence-electron chi connectivity index (χ2n) is 6.44. The number of benzene rings is 1. The van der Waals surface area contributed by atoms with Crippen molar-refractivity contribution in [3.8, 4) is 0 Å². The molecule has 0 heterocycles. The second-order valence-corrected chi connectivity index (χ2v) is 6.44. The van der Waals surface area contributed by atoms with E-state index in [-0.39, 0.29) is 5.78 Å². The molecule has 2 rings (SSSR count). The number of hydrogen-bond acceptors (Lipinski definition) is 3. The molecule has 104 valence electrons. The van der Waals surface area contributed by atoms with E-state index in [0.717, 1.165) is 5.69 Å². The van der Waals surface area contributed by atoms with Crippen LogP contribution in [-0.4, -0.2) is 11.8 Å². The third-order valence-corrected chi connectivity index (χ3v) is 4.14. The molecule has 0 aromatic heterocycles. The number of rotatable bonds is 3.